The number of ketones is 1. The normalized spacial score (nSPS) is 11.6. The molecule has 8 heteroatoms. The molecule has 0 aliphatic carbocycles. The van der Waals surface area contributed by atoms with Gasteiger partial charge in [0, 0.05) is 40.0 Å². The summed E-state index contributed by atoms with van der Waals surface area (Å²) in [6.07, 6.45) is 5.56. The van der Waals surface area contributed by atoms with Gasteiger partial charge in [-0.05, 0) is 44.2 Å². The van der Waals surface area contributed by atoms with E-state index in [0.717, 1.165) is 65.6 Å². The lowest BCUT2D eigenvalue weighted by atomic mass is 10.1. The van der Waals surface area contributed by atoms with Gasteiger partial charge in [0.1, 0.15) is 11.5 Å². The highest BCUT2D eigenvalue weighted by Gasteiger charge is 2.16. The lowest BCUT2D eigenvalue weighted by Crippen LogP contribution is -1.94. The van der Waals surface area contributed by atoms with E-state index in [4.69, 9.17) is 0 Å². The van der Waals surface area contributed by atoms with Crippen LogP contribution >= 0.6 is 11.3 Å². The number of hydrogen-bond acceptors (Lipinski definition) is 5. The molecule has 7 nitrogen and oxygen atoms in total. The van der Waals surface area contributed by atoms with Crippen LogP contribution in [0.4, 0.5) is 0 Å². The molecule has 5 heterocycles. The largest absolute Gasteiger partial charge is 0.352 e. The van der Waals surface area contributed by atoms with Crippen LogP contribution in [-0.4, -0.2) is 35.5 Å². The Balaban J connectivity index is 1.49. The van der Waals surface area contributed by atoms with Crippen LogP contribution < -0.4 is 0 Å². The Morgan fingerprint density at radius 2 is 1.91 bits per heavy atom. The molecule has 0 saturated heterocycles. The lowest BCUT2D eigenvalue weighted by Gasteiger charge is -2.04. The van der Waals surface area contributed by atoms with Crippen molar-refractivity contribution in [1.82, 2.24) is 29.7 Å². The smallest absolute Gasteiger partial charge is 0.169 e. The number of fused-ring (bicyclic) bond motifs is 2. The number of thiophene rings is 1. The van der Waals surface area contributed by atoms with E-state index in [2.05, 4.69) is 47.9 Å². The van der Waals surface area contributed by atoms with E-state index in [1.807, 2.05) is 50.8 Å². The number of imidazole rings is 1. The molecule has 33 heavy (non-hydrogen) atoms. The molecule has 0 aliphatic rings. The van der Waals surface area contributed by atoms with Crippen molar-refractivity contribution in [3.05, 3.63) is 65.7 Å². The highest BCUT2D eigenvalue weighted by atomic mass is 32.1. The van der Waals surface area contributed by atoms with Gasteiger partial charge in [0.05, 0.1) is 39.7 Å². The minimum atomic E-state index is 0.0727. The van der Waals surface area contributed by atoms with Crippen LogP contribution in [0, 0.1) is 6.92 Å². The summed E-state index contributed by atoms with van der Waals surface area (Å²) in [6.45, 7) is 3.58. The van der Waals surface area contributed by atoms with Crippen LogP contribution in [0.5, 0.6) is 0 Å². The molecule has 0 radical (unpaired) electrons. The predicted octanol–water partition coefficient (Wildman–Crippen LogP) is 5.75. The molecule has 162 valence electrons. The molecule has 1 aromatic carbocycles. The third kappa shape index (κ3) is 3.10. The van der Waals surface area contributed by atoms with Crippen molar-refractivity contribution in [2.24, 2.45) is 7.05 Å². The summed E-state index contributed by atoms with van der Waals surface area (Å²) in [5.41, 5.74) is 6.80. The molecule has 6 rings (SSSR count). The average molecular weight is 453 g/mol. The van der Waals surface area contributed by atoms with Crippen molar-refractivity contribution in [2.45, 2.75) is 13.8 Å². The first-order valence-electron chi connectivity index (χ1n) is 10.5. The first-order chi connectivity index (χ1) is 16.0. The number of Topliss-reactive ketones (excluding diaryl/α,β-unsaturated/α-hetero) is 1. The first-order valence-corrected chi connectivity index (χ1v) is 11.4. The quantitative estimate of drug-likeness (QED) is 0.333. The number of aromatic amines is 2. The molecule has 5 aromatic heterocycles. The predicted molar refractivity (Wildman–Crippen MR) is 131 cm³/mol. The van der Waals surface area contributed by atoms with Crippen molar-refractivity contribution in [3.8, 4) is 33.1 Å². The number of nitrogens with zero attached hydrogens (tertiary/aromatic N) is 4. The van der Waals surface area contributed by atoms with Gasteiger partial charge in [-0.2, -0.15) is 5.10 Å². The number of rotatable bonds is 4. The standard InChI is InChI=1S/C25H20N6OS/c1-13(32)23-6-7-24(33-23)18-10-26-11-21-16(18)9-20(28-21)25-17-8-15(4-5-19(17)29-30-25)22-12-27-14(2)31(22)3/h4-12,28H,1-3H3,(H,29,30). The van der Waals surface area contributed by atoms with Gasteiger partial charge in [-0.25, -0.2) is 4.98 Å². The molecule has 0 spiro atoms. The van der Waals surface area contributed by atoms with Gasteiger partial charge in [0.25, 0.3) is 0 Å². The fourth-order valence-corrected chi connectivity index (χ4v) is 5.12. The molecule has 2 N–H and O–H groups in total. The van der Waals surface area contributed by atoms with Crippen LogP contribution in [0.3, 0.4) is 0 Å². The van der Waals surface area contributed by atoms with E-state index in [1.54, 1.807) is 6.92 Å². The summed E-state index contributed by atoms with van der Waals surface area (Å²) in [5.74, 6) is 1.04. The fourth-order valence-electron chi connectivity index (χ4n) is 4.20. The highest BCUT2D eigenvalue weighted by Crippen LogP contribution is 2.37. The summed E-state index contributed by atoms with van der Waals surface area (Å²) in [7, 11) is 2.02. The third-order valence-electron chi connectivity index (χ3n) is 6.10. The monoisotopic (exact) mass is 452 g/mol. The number of nitrogens with one attached hydrogen (secondary N) is 2. The van der Waals surface area contributed by atoms with Crippen LogP contribution in [0.1, 0.15) is 22.4 Å². The second-order valence-electron chi connectivity index (χ2n) is 8.13. The van der Waals surface area contributed by atoms with Crippen molar-refractivity contribution in [2.75, 3.05) is 0 Å². The Hall–Kier alpha value is -4.04. The summed E-state index contributed by atoms with van der Waals surface area (Å²) in [5, 5.41) is 9.84. The van der Waals surface area contributed by atoms with Crippen molar-refractivity contribution < 1.29 is 4.79 Å². The maximum absolute atomic E-state index is 11.8. The second kappa shape index (κ2) is 7.25. The van der Waals surface area contributed by atoms with Crippen LogP contribution in [0.25, 0.3) is 54.9 Å². The first kappa shape index (κ1) is 19.6. The van der Waals surface area contributed by atoms with Crippen molar-refractivity contribution in [3.63, 3.8) is 0 Å². The number of carbonyl (C=O) groups excluding carboxylic acids is 1. The summed E-state index contributed by atoms with van der Waals surface area (Å²) in [6, 6.07) is 12.2. The topological polar surface area (TPSA) is 92.2 Å². The third-order valence-corrected chi connectivity index (χ3v) is 7.32. The lowest BCUT2D eigenvalue weighted by molar-refractivity contribution is 0.102. The van der Waals surface area contributed by atoms with E-state index < -0.39 is 0 Å². The Kier molecular flexibility index (Phi) is 4.31. The fraction of sp³-hybridized carbons (Fsp3) is 0.120. The summed E-state index contributed by atoms with van der Waals surface area (Å²) < 4.78 is 2.08. The molecular weight excluding hydrogens is 432 g/mol. The minimum Gasteiger partial charge on any atom is -0.352 e. The van der Waals surface area contributed by atoms with Crippen LogP contribution in [0.2, 0.25) is 0 Å². The zero-order valence-corrected chi connectivity index (χ0v) is 19.1. The molecule has 6 aromatic rings. The SMILES string of the molecule is CC(=O)c1ccc(-c2cncc3[nH]c(-c4n[nH]c5ccc(-c6cnc(C)n6C)cc45)cc23)s1. The van der Waals surface area contributed by atoms with Gasteiger partial charge in [0.2, 0.25) is 0 Å². The van der Waals surface area contributed by atoms with E-state index in [1.165, 1.54) is 11.3 Å². The van der Waals surface area contributed by atoms with E-state index in [9.17, 15) is 4.79 Å². The number of hydrogen-bond donors (Lipinski definition) is 2. The van der Waals surface area contributed by atoms with E-state index >= 15 is 0 Å². The Labute approximate surface area is 193 Å². The van der Waals surface area contributed by atoms with Gasteiger partial charge in [0.15, 0.2) is 5.78 Å². The zero-order valence-electron chi connectivity index (χ0n) is 18.3. The van der Waals surface area contributed by atoms with Crippen LogP contribution in [-0.2, 0) is 7.05 Å². The molecular formula is C25H20N6OS. The average Bonchev–Trinajstić information content (AvgIpc) is 3.59. The summed E-state index contributed by atoms with van der Waals surface area (Å²) in [4.78, 5) is 25.8. The van der Waals surface area contributed by atoms with Gasteiger partial charge in [-0.3, -0.25) is 14.9 Å². The van der Waals surface area contributed by atoms with Gasteiger partial charge in [-0.15, -0.1) is 11.3 Å². The number of aryl methyl sites for hydroxylation is 1. The molecule has 0 saturated carbocycles. The van der Waals surface area contributed by atoms with Crippen molar-refractivity contribution in [1.29, 1.82) is 0 Å². The molecule has 0 bridgehead atoms. The maximum Gasteiger partial charge on any atom is 0.169 e. The number of benzene rings is 1. The molecule has 0 atom stereocenters. The molecule has 0 fully saturated rings. The Morgan fingerprint density at radius 3 is 2.67 bits per heavy atom. The van der Waals surface area contributed by atoms with Gasteiger partial charge in [-0.1, -0.05) is 6.07 Å². The molecule has 0 aliphatic heterocycles. The number of carbonyl (C=O) groups is 1. The second-order valence-corrected chi connectivity index (χ2v) is 9.22. The highest BCUT2D eigenvalue weighted by molar-refractivity contribution is 7.17. The minimum absolute atomic E-state index is 0.0727. The molecule has 0 amide bonds. The van der Waals surface area contributed by atoms with Crippen molar-refractivity contribution >= 4 is 38.9 Å². The van der Waals surface area contributed by atoms with Gasteiger partial charge < -0.3 is 9.55 Å². The van der Waals surface area contributed by atoms with E-state index in [0.29, 0.717) is 0 Å². The van der Waals surface area contributed by atoms with Crippen LogP contribution in [0.15, 0.2) is 55.0 Å². The maximum atomic E-state index is 11.8. The van der Waals surface area contributed by atoms with E-state index in [-0.39, 0.29) is 5.78 Å². The number of H-pyrrole nitrogens is 2. The number of aromatic nitrogens is 6. The Bertz CT molecular complexity index is 1680. The van der Waals surface area contributed by atoms with Gasteiger partial charge >= 0.3 is 0 Å². The zero-order chi connectivity index (χ0) is 22.7. The Morgan fingerprint density at radius 1 is 1.03 bits per heavy atom. The molecule has 0 unspecified atom stereocenters. The summed E-state index contributed by atoms with van der Waals surface area (Å²) >= 11 is 1.49. The number of pyridine rings is 1.